The number of carbonyl (C=O) groups is 2. The molecule has 0 aliphatic rings. The lowest BCUT2D eigenvalue weighted by Gasteiger charge is -2.24. The molecule has 0 aliphatic carbocycles. The van der Waals surface area contributed by atoms with Crippen LogP contribution in [0.1, 0.15) is 39.5 Å². The molecule has 0 radical (unpaired) electrons. The fourth-order valence-corrected chi connectivity index (χ4v) is 2.57. The van der Waals surface area contributed by atoms with Crippen molar-refractivity contribution in [1.82, 2.24) is 0 Å². The molecule has 0 bridgehead atoms. The van der Waals surface area contributed by atoms with Gasteiger partial charge in [0, 0.05) is 10.5 Å². The van der Waals surface area contributed by atoms with Crippen LogP contribution < -0.4 is 10.2 Å². The minimum absolute atomic E-state index is 0.431. The molecule has 0 aromatic rings. The molecule has 0 aromatic carbocycles. The Morgan fingerprint density at radius 1 is 1.00 bits per heavy atom. The van der Waals surface area contributed by atoms with Gasteiger partial charge in [0.2, 0.25) is 0 Å². The standard InChI is InChI=1S/C10H18O4S/c1-3-5-7(9(11)12)15-8(6-4-2)10(13)14/h7-8H,3-6H2,1-2H3,(H,11,12)(H,13,14)/p-2. The Morgan fingerprint density at radius 3 is 1.53 bits per heavy atom. The Kier molecular flexibility index (Phi) is 7.21. The maximum atomic E-state index is 10.7. The van der Waals surface area contributed by atoms with Crippen LogP contribution in [-0.2, 0) is 9.59 Å². The van der Waals surface area contributed by atoms with Crippen molar-refractivity contribution in [2.24, 2.45) is 0 Å². The van der Waals surface area contributed by atoms with E-state index in [1.807, 2.05) is 13.8 Å². The molecule has 0 saturated carbocycles. The zero-order chi connectivity index (χ0) is 11.8. The SMILES string of the molecule is CCCC(SC(CCC)C(=O)[O-])C(=O)[O-]. The number of thioether (sulfide) groups is 1. The summed E-state index contributed by atoms with van der Waals surface area (Å²) in [6.07, 6.45) is 2.25. The molecule has 0 N–H and O–H groups in total. The molecule has 2 unspecified atom stereocenters. The predicted molar refractivity (Wildman–Crippen MR) is 55.0 cm³/mol. The highest BCUT2D eigenvalue weighted by Gasteiger charge is 2.17. The Bertz CT molecular complexity index is 195. The van der Waals surface area contributed by atoms with E-state index >= 15 is 0 Å². The molecule has 0 spiro atoms. The van der Waals surface area contributed by atoms with Gasteiger partial charge >= 0.3 is 0 Å². The first kappa shape index (κ1) is 14.3. The first-order valence-electron chi connectivity index (χ1n) is 5.10. The molecule has 2 atom stereocenters. The van der Waals surface area contributed by atoms with Gasteiger partial charge in [-0.3, -0.25) is 0 Å². The second kappa shape index (κ2) is 7.56. The van der Waals surface area contributed by atoms with Crippen molar-refractivity contribution in [3.05, 3.63) is 0 Å². The fraction of sp³-hybridized carbons (Fsp3) is 0.800. The van der Waals surface area contributed by atoms with E-state index in [-0.39, 0.29) is 0 Å². The summed E-state index contributed by atoms with van der Waals surface area (Å²) in [4.78, 5) is 21.4. The summed E-state index contributed by atoms with van der Waals surface area (Å²) in [5, 5.41) is 19.9. The highest BCUT2D eigenvalue weighted by molar-refractivity contribution is 8.01. The molecule has 0 aromatic heterocycles. The number of hydrogen-bond acceptors (Lipinski definition) is 5. The van der Waals surface area contributed by atoms with Crippen LogP contribution in [0.2, 0.25) is 0 Å². The third kappa shape index (κ3) is 5.67. The van der Waals surface area contributed by atoms with Crippen molar-refractivity contribution in [3.8, 4) is 0 Å². The molecule has 0 heterocycles. The van der Waals surface area contributed by atoms with Crippen molar-refractivity contribution >= 4 is 23.7 Å². The molecule has 0 amide bonds. The van der Waals surface area contributed by atoms with Gasteiger partial charge in [0.05, 0.1) is 11.9 Å². The lowest BCUT2D eigenvalue weighted by atomic mass is 10.2. The Labute approximate surface area is 94.1 Å². The highest BCUT2D eigenvalue weighted by Crippen LogP contribution is 2.24. The number of hydrogen-bond donors (Lipinski definition) is 0. The minimum Gasteiger partial charge on any atom is -0.549 e. The van der Waals surface area contributed by atoms with Gasteiger partial charge in [-0.15, -0.1) is 11.8 Å². The Hall–Kier alpha value is -0.710. The lowest BCUT2D eigenvalue weighted by Crippen LogP contribution is -2.39. The second-order valence-electron chi connectivity index (χ2n) is 3.33. The molecule has 5 heteroatoms. The van der Waals surface area contributed by atoms with Gasteiger partial charge in [0.15, 0.2) is 0 Å². The molecular formula is C10H16O4S-2. The smallest absolute Gasteiger partial charge is 0.0544 e. The van der Waals surface area contributed by atoms with Crippen molar-refractivity contribution in [3.63, 3.8) is 0 Å². The number of aliphatic carboxylic acids is 2. The van der Waals surface area contributed by atoms with E-state index < -0.39 is 22.4 Å². The van der Waals surface area contributed by atoms with Crippen molar-refractivity contribution < 1.29 is 19.8 Å². The van der Waals surface area contributed by atoms with Gasteiger partial charge in [-0.05, 0) is 12.8 Å². The number of carbonyl (C=O) groups excluding carboxylic acids is 2. The maximum absolute atomic E-state index is 10.7. The third-order valence-electron chi connectivity index (χ3n) is 1.96. The molecular weight excluding hydrogens is 216 g/mol. The van der Waals surface area contributed by atoms with Gasteiger partial charge in [-0.1, -0.05) is 26.7 Å². The fourth-order valence-electron chi connectivity index (χ4n) is 1.21. The summed E-state index contributed by atoms with van der Waals surface area (Å²) in [6.45, 7) is 3.70. The summed E-state index contributed by atoms with van der Waals surface area (Å²) >= 11 is 0.931. The summed E-state index contributed by atoms with van der Waals surface area (Å²) in [5.41, 5.74) is 0. The van der Waals surface area contributed by atoms with Crippen molar-refractivity contribution in [2.45, 2.75) is 50.0 Å². The van der Waals surface area contributed by atoms with Crippen molar-refractivity contribution in [2.75, 3.05) is 0 Å². The first-order valence-corrected chi connectivity index (χ1v) is 6.04. The summed E-state index contributed by atoms with van der Waals surface area (Å²) in [5.74, 6) is -2.38. The maximum Gasteiger partial charge on any atom is 0.0544 e. The van der Waals surface area contributed by atoms with E-state index in [0.29, 0.717) is 25.7 Å². The van der Waals surface area contributed by atoms with Crippen LogP contribution in [0.15, 0.2) is 0 Å². The predicted octanol–water partition coefficient (Wildman–Crippen LogP) is -0.443. The van der Waals surface area contributed by atoms with Crippen LogP contribution in [-0.4, -0.2) is 22.4 Å². The van der Waals surface area contributed by atoms with Crippen LogP contribution in [0.3, 0.4) is 0 Å². The summed E-state index contributed by atoms with van der Waals surface area (Å²) in [6, 6.07) is 0. The Balaban J connectivity index is 4.32. The number of carboxylic acid groups (broad SMARTS) is 2. The zero-order valence-corrected chi connectivity index (χ0v) is 9.84. The van der Waals surface area contributed by atoms with Gasteiger partial charge in [-0.2, -0.15) is 0 Å². The molecule has 88 valence electrons. The zero-order valence-electron chi connectivity index (χ0n) is 9.02. The third-order valence-corrected chi connectivity index (χ3v) is 3.47. The van der Waals surface area contributed by atoms with Crippen LogP contribution in [0.25, 0.3) is 0 Å². The quantitative estimate of drug-likeness (QED) is 0.566. The van der Waals surface area contributed by atoms with E-state index in [1.165, 1.54) is 0 Å². The summed E-state index contributed by atoms with van der Waals surface area (Å²) in [7, 11) is 0. The van der Waals surface area contributed by atoms with Gasteiger partial charge < -0.3 is 19.8 Å². The average molecular weight is 232 g/mol. The summed E-state index contributed by atoms with van der Waals surface area (Å²) < 4.78 is 0. The second-order valence-corrected chi connectivity index (χ2v) is 4.74. The minimum atomic E-state index is -1.19. The molecule has 0 fully saturated rings. The van der Waals surface area contributed by atoms with E-state index in [2.05, 4.69) is 0 Å². The number of carboxylic acids is 2. The largest absolute Gasteiger partial charge is 0.549 e. The number of rotatable bonds is 8. The monoisotopic (exact) mass is 232 g/mol. The normalized spacial score (nSPS) is 14.5. The van der Waals surface area contributed by atoms with Crippen LogP contribution in [0.4, 0.5) is 0 Å². The van der Waals surface area contributed by atoms with E-state index in [4.69, 9.17) is 0 Å². The van der Waals surface area contributed by atoms with Crippen molar-refractivity contribution in [1.29, 1.82) is 0 Å². The van der Waals surface area contributed by atoms with Gasteiger partial charge in [0.1, 0.15) is 0 Å². The van der Waals surface area contributed by atoms with Crippen LogP contribution in [0.5, 0.6) is 0 Å². The molecule has 4 nitrogen and oxygen atoms in total. The Morgan fingerprint density at radius 2 is 1.33 bits per heavy atom. The topological polar surface area (TPSA) is 80.3 Å². The van der Waals surface area contributed by atoms with Gasteiger partial charge in [0.25, 0.3) is 0 Å². The van der Waals surface area contributed by atoms with E-state index in [1.54, 1.807) is 0 Å². The highest BCUT2D eigenvalue weighted by atomic mass is 32.2. The lowest BCUT2D eigenvalue weighted by molar-refractivity contribution is -0.305. The average Bonchev–Trinajstić information content (AvgIpc) is 2.15. The first-order chi connectivity index (χ1) is 7.02. The van der Waals surface area contributed by atoms with Gasteiger partial charge in [-0.25, -0.2) is 0 Å². The molecule has 0 rings (SSSR count). The van der Waals surface area contributed by atoms with Crippen LogP contribution in [0, 0.1) is 0 Å². The molecule has 0 aliphatic heterocycles. The molecule has 15 heavy (non-hydrogen) atoms. The van der Waals surface area contributed by atoms with E-state index in [9.17, 15) is 19.8 Å². The van der Waals surface area contributed by atoms with E-state index in [0.717, 1.165) is 11.8 Å². The van der Waals surface area contributed by atoms with Crippen LogP contribution >= 0.6 is 11.8 Å². The molecule has 0 saturated heterocycles.